The molecular formula is C12H26N2OS. The van der Waals surface area contributed by atoms with Crippen LogP contribution in [0.5, 0.6) is 0 Å². The molecule has 0 bridgehead atoms. The van der Waals surface area contributed by atoms with Gasteiger partial charge in [0.2, 0.25) is 0 Å². The Bertz CT molecular complexity index is 190. The molecule has 1 aliphatic rings. The van der Waals surface area contributed by atoms with Crippen molar-refractivity contribution in [1.29, 1.82) is 0 Å². The van der Waals surface area contributed by atoms with E-state index < -0.39 is 0 Å². The summed E-state index contributed by atoms with van der Waals surface area (Å²) < 4.78 is 5.78. The molecule has 0 amide bonds. The number of hydrogen-bond acceptors (Lipinski definition) is 4. The molecule has 0 aromatic rings. The highest BCUT2D eigenvalue weighted by atomic mass is 32.2. The van der Waals surface area contributed by atoms with Crippen molar-refractivity contribution in [3.05, 3.63) is 0 Å². The van der Waals surface area contributed by atoms with E-state index in [9.17, 15) is 0 Å². The largest absolute Gasteiger partial charge is 0.375 e. The smallest absolute Gasteiger partial charge is 0.0792 e. The fraction of sp³-hybridized carbons (Fsp3) is 1.00. The lowest BCUT2D eigenvalue weighted by Crippen LogP contribution is -2.45. The SMILES string of the molecule is CC(C)CN1CCOC(CSC(C)CN)C1. The van der Waals surface area contributed by atoms with Gasteiger partial charge in [-0.15, -0.1) is 0 Å². The van der Waals surface area contributed by atoms with Crippen molar-refractivity contribution in [2.45, 2.75) is 32.1 Å². The Kier molecular flexibility index (Phi) is 6.73. The number of nitrogens with zero attached hydrogens (tertiary/aromatic N) is 1. The zero-order chi connectivity index (χ0) is 12.0. The molecule has 2 atom stereocenters. The molecule has 2 N–H and O–H groups in total. The van der Waals surface area contributed by atoms with Crippen LogP contribution in [-0.2, 0) is 4.74 Å². The van der Waals surface area contributed by atoms with Crippen LogP contribution in [-0.4, -0.2) is 54.8 Å². The van der Waals surface area contributed by atoms with E-state index >= 15 is 0 Å². The molecule has 4 heteroatoms. The molecular weight excluding hydrogens is 220 g/mol. The zero-order valence-corrected chi connectivity index (χ0v) is 11.6. The lowest BCUT2D eigenvalue weighted by atomic mass is 10.2. The second-order valence-electron chi connectivity index (χ2n) is 5.03. The van der Waals surface area contributed by atoms with Gasteiger partial charge < -0.3 is 10.5 Å². The first-order chi connectivity index (χ1) is 7.61. The second kappa shape index (κ2) is 7.54. The van der Waals surface area contributed by atoms with E-state index in [1.165, 1.54) is 6.54 Å². The van der Waals surface area contributed by atoms with Gasteiger partial charge in [-0.2, -0.15) is 11.8 Å². The summed E-state index contributed by atoms with van der Waals surface area (Å²) in [5.74, 6) is 1.82. The fourth-order valence-corrected chi connectivity index (χ4v) is 2.78. The third-order valence-electron chi connectivity index (χ3n) is 2.74. The van der Waals surface area contributed by atoms with Crippen molar-refractivity contribution in [1.82, 2.24) is 4.90 Å². The standard InChI is InChI=1S/C12H26N2OS/c1-10(2)7-14-4-5-15-12(8-14)9-16-11(3)6-13/h10-12H,4-9,13H2,1-3H3. The van der Waals surface area contributed by atoms with Crippen LogP contribution in [0.15, 0.2) is 0 Å². The maximum absolute atomic E-state index is 5.78. The highest BCUT2D eigenvalue weighted by molar-refractivity contribution is 7.99. The predicted molar refractivity (Wildman–Crippen MR) is 72.0 cm³/mol. The van der Waals surface area contributed by atoms with E-state index in [0.29, 0.717) is 11.4 Å². The summed E-state index contributed by atoms with van der Waals surface area (Å²) in [6.07, 6.45) is 0.395. The number of hydrogen-bond donors (Lipinski definition) is 1. The molecule has 0 spiro atoms. The van der Waals surface area contributed by atoms with E-state index in [0.717, 1.165) is 37.9 Å². The van der Waals surface area contributed by atoms with E-state index in [1.807, 2.05) is 11.8 Å². The molecule has 16 heavy (non-hydrogen) atoms. The van der Waals surface area contributed by atoms with Crippen molar-refractivity contribution in [2.75, 3.05) is 38.5 Å². The van der Waals surface area contributed by atoms with Gasteiger partial charge in [-0.05, 0) is 5.92 Å². The molecule has 96 valence electrons. The Morgan fingerprint density at radius 1 is 1.44 bits per heavy atom. The van der Waals surface area contributed by atoms with Gasteiger partial charge >= 0.3 is 0 Å². The van der Waals surface area contributed by atoms with Crippen LogP contribution in [0.4, 0.5) is 0 Å². The summed E-state index contributed by atoms with van der Waals surface area (Å²) in [5.41, 5.74) is 5.61. The van der Waals surface area contributed by atoms with E-state index in [1.54, 1.807) is 0 Å². The molecule has 0 aromatic carbocycles. The highest BCUT2D eigenvalue weighted by Crippen LogP contribution is 2.16. The number of rotatable bonds is 6. The average Bonchev–Trinajstić information content (AvgIpc) is 2.25. The zero-order valence-electron chi connectivity index (χ0n) is 10.8. The quantitative estimate of drug-likeness (QED) is 0.769. The van der Waals surface area contributed by atoms with Crippen molar-refractivity contribution in [3.63, 3.8) is 0 Å². The third-order valence-corrected chi connectivity index (χ3v) is 4.07. The predicted octanol–water partition coefficient (Wildman–Crippen LogP) is 1.42. The van der Waals surface area contributed by atoms with Crippen molar-refractivity contribution >= 4 is 11.8 Å². The van der Waals surface area contributed by atoms with Crippen molar-refractivity contribution in [2.24, 2.45) is 11.7 Å². The summed E-state index contributed by atoms with van der Waals surface area (Å²) >= 11 is 1.93. The molecule has 0 radical (unpaired) electrons. The third kappa shape index (κ3) is 5.53. The number of ether oxygens (including phenoxy) is 1. The lowest BCUT2D eigenvalue weighted by molar-refractivity contribution is -0.0191. The molecule has 0 aliphatic carbocycles. The van der Waals surface area contributed by atoms with Gasteiger partial charge in [0, 0.05) is 37.2 Å². The Balaban J connectivity index is 2.22. The first kappa shape index (κ1) is 14.3. The minimum atomic E-state index is 0.395. The minimum Gasteiger partial charge on any atom is -0.375 e. The minimum absolute atomic E-state index is 0.395. The second-order valence-corrected chi connectivity index (χ2v) is 6.50. The van der Waals surface area contributed by atoms with Gasteiger partial charge in [0.25, 0.3) is 0 Å². The summed E-state index contributed by atoms with van der Waals surface area (Å²) in [6.45, 7) is 11.7. The molecule has 1 heterocycles. The van der Waals surface area contributed by atoms with Crippen LogP contribution >= 0.6 is 11.8 Å². The van der Waals surface area contributed by atoms with E-state index in [-0.39, 0.29) is 0 Å². The van der Waals surface area contributed by atoms with Crippen LogP contribution in [0.2, 0.25) is 0 Å². The van der Waals surface area contributed by atoms with Gasteiger partial charge in [0.05, 0.1) is 12.7 Å². The van der Waals surface area contributed by atoms with Gasteiger partial charge in [0.1, 0.15) is 0 Å². The van der Waals surface area contributed by atoms with Gasteiger partial charge in [-0.1, -0.05) is 20.8 Å². The van der Waals surface area contributed by atoms with Gasteiger partial charge in [-0.3, -0.25) is 4.90 Å². The van der Waals surface area contributed by atoms with Gasteiger partial charge in [0.15, 0.2) is 0 Å². The molecule has 0 aromatic heterocycles. The number of nitrogens with two attached hydrogens (primary N) is 1. The Hall–Kier alpha value is 0.230. The van der Waals surface area contributed by atoms with Crippen LogP contribution in [0.3, 0.4) is 0 Å². The fourth-order valence-electron chi connectivity index (χ4n) is 1.90. The topological polar surface area (TPSA) is 38.5 Å². The summed E-state index contributed by atoms with van der Waals surface area (Å²) in [5, 5.41) is 0.545. The molecule has 1 fully saturated rings. The van der Waals surface area contributed by atoms with E-state index in [4.69, 9.17) is 10.5 Å². The van der Waals surface area contributed by atoms with Crippen LogP contribution in [0.1, 0.15) is 20.8 Å². The van der Waals surface area contributed by atoms with Crippen molar-refractivity contribution in [3.8, 4) is 0 Å². The summed E-state index contributed by atoms with van der Waals surface area (Å²) in [7, 11) is 0. The monoisotopic (exact) mass is 246 g/mol. The van der Waals surface area contributed by atoms with E-state index in [2.05, 4.69) is 25.7 Å². The summed E-state index contributed by atoms with van der Waals surface area (Å²) in [4.78, 5) is 2.52. The Labute approximate surface area is 104 Å². The maximum Gasteiger partial charge on any atom is 0.0792 e. The molecule has 2 unspecified atom stereocenters. The Morgan fingerprint density at radius 3 is 2.81 bits per heavy atom. The molecule has 0 saturated carbocycles. The summed E-state index contributed by atoms with van der Waals surface area (Å²) in [6, 6.07) is 0. The Morgan fingerprint density at radius 2 is 2.19 bits per heavy atom. The molecule has 1 aliphatic heterocycles. The number of thioether (sulfide) groups is 1. The van der Waals surface area contributed by atoms with Crippen LogP contribution in [0.25, 0.3) is 0 Å². The lowest BCUT2D eigenvalue weighted by Gasteiger charge is -2.34. The van der Waals surface area contributed by atoms with Crippen LogP contribution < -0.4 is 5.73 Å². The molecule has 1 rings (SSSR count). The highest BCUT2D eigenvalue weighted by Gasteiger charge is 2.21. The molecule has 1 saturated heterocycles. The van der Waals surface area contributed by atoms with Crippen molar-refractivity contribution < 1.29 is 4.74 Å². The molecule has 3 nitrogen and oxygen atoms in total. The van der Waals surface area contributed by atoms with Gasteiger partial charge in [-0.25, -0.2) is 0 Å². The maximum atomic E-state index is 5.78. The normalized spacial score (nSPS) is 24.9. The average molecular weight is 246 g/mol. The number of morpholine rings is 1. The first-order valence-corrected chi connectivity index (χ1v) is 7.32. The first-order valence-electron chi connectivity index (χ1n) is 6.27. The van der Waals surface area contributed by atoms with Crippen LogP contribution in [0, 0.1) is 5.92 Å².